The van der Waals surface area contributed by atoms with Crippen molar-refractivity contribution in [1.29, 1.82) is 0 Å². The van der Waals surface area contributed by atoms with E-state index >= 15 is 0 Å². The van der Waals surface area contributed by atoms with Crippen molar-refractivity contribution in [2.75, 3.05) is 0 Å². The van der Waals surface area contributed by atoms with Crippen LogP contribution in [-0.2, 0) is 0 Å². The van der Waals surface area contributed by atoms with Crippen molar-refractivity contribution >= 4 is 0 Å². The number of hydrogen-bond donors (Lipinski definition) is 0. The van der Waals surface area contributed by atoms with Gasteiger partial charge in [0.2, 0.25) is 0 Å². The third kappa shape index (κ3) is 104. The Morgan fingerprint density at radius 3 is 0.333 bits per heavy atom. The highest BCUT2D eigenvalue weighted by molar-refractivity contribution is 4.51. The summed E-state index contributed by atoms with van der Waals surface area (Å²) in [5, 5.41) is 0. The second-order valence-electron chi connectivity index (χ2n) is 6.36. The lowest BCUT2D eigenvalue weighted by atomic mass is 10.0. The molecule has 2 aliphatic rings. The Bertz CT molecular complexity index is 69.4. The minimum absolute atomic E-state index is 1.25. The van der Waals surface area contributed by atoms with Crippen LogP contribution >= 0.6 is 0 Å². The van der Waals surface area contributed by atoms with E-state index in [-0.39, 0.29) is 0 Å². The SMILES string of the molecule is C1CCCCC1.C1CCCCC1.CC.CC.CC.CCC.CCC.CCC. The summed E-state index contributed by atoms with van der Waals surface area (Å²) >= 11 is 0. The van der Waals surface area contributed by atoms with E-state index in [9.17, 15) is 0 Å². The van der Waals surface area contributed by atoms with Crippen molar-refractivity contribution in [2.24, 2.45) is 0 Å². The van der Waals surface area contributed by atoms with E-state index in [2.05, 4.69) is 41.5 Å². The molecule has 0 amide bonds. The van der Waals surface area contributed by atoms with Crippen LogP contribution in [0.5, 0.6) is 0 Å². The highest BCUT2D eigenvalue weighted by atomic mass is 14.0. The Hall–Kier alpha value is 0. The van der Waals surface area contributed by atoms with Crippen molar-refractivity contribution in [3.05, 3.63) is 0 Å². The molecule has 0 bridgehead atoms. The second kappa shape index (κ2) is 72.2. The maximum atomic E-state index is 2.12. The predicted octanol–water partition coefficient (Wildman–Crippen LogP) is 12.0. The summed E-state index contributed by atoms with van der Waals surface area (Å²) in [5.74, 6) is 0. The van der Waals surface area contributed by atoms with Crippen LogP contribution in [0.25, 0.3) is 0 Å². The Morgan fingerprint density at radius 2 is 0.296 bits per heavy atom. The first kappa shape index (κ1) is 41.4. The first-order valence-corrected chi connectivity index (χ1v) is 13.2. The Kier molecular flexibility index (Phi) is 111. The van der Waals surface area contributed by atoms with Gasteiger partial charge in [-0.2, -0.15) is 0 Å². The van der Waals surface area contributed by atoms with Gasteiger partial charge in [0, 0.05) is 0 Å². The molecule has 0 aromatic rings. The van der Waals surface area contributed by atoms with Crippen LogP contribution in [0.3, 0.4) is 0 Å². The minimum Gasteiger partial charge on any atom is -0.0683 e. The quantitative estimate of drug-likeness (QED) is 0.385. The largest absolute Gasteiger partial charge is 0.0683 e. The second-order valence-corrected chi connectivity index (χ2v) is 6.36. The molecule has 0 unspecified atom stereocenters. The summed E-state index contributed by atoms with van der Waals surface area (Å²) in [5.41, 5.74) is 0. The van der Waals surface area contributed by atoms with Crippen molar-refractivity contribution in [3.8, 4) is 0 Å². The lowest BCUT2D eigenvalue weighted by molar-refractivity contribution is 0.504. The van der Waals surface area contributed by atoms with E-state index < -0.39 is 0 Å². The fraction of sp³-hybridized carbons (Fsp3) is 1.00. The minimum atomic E-state index is 1.25. The molecule has 2 saturated carbocycles. The van der Waals surface area contributed by atoms with E-state index in [0.717, 1.165) is 0 Å². The first-order chi connectivity index (χ1) is 13.2. The van der Waals surface area contributed by atoms with Crippen molar-refractivity contribution in [1.82, 2.24) is 0 Å². The first-order valence-electron chi connectivity index (χ1n) is 13.2. The van der Waals surface area contributed by atoms with E-state index in [4.69, 9.17) is 0 Å². The molecule has 0 atom stereocenters. The predicted molar refractivity (Wildman–Crippen MR) is 137 cm³/mol. The zero-order chi connectivity index (χ0) is 22.6. The molecule has 27 heavy (non-hydrogen) atoms. The maximum Gasteiger partial charge on any atom is -0.0533 e. The Labute approximate surface area is 179 Å². The average Bonchev–Trinajstić information content (AvgIpc) is 2.77. The molecule has 0 aromatic heterocycles. The summed E-state index contributed by atoms with van der Waals surface area (Å²) in [6.45, 7) is 24.8. The molecule has 0 heterocycles. The fourth-order valence-electron chi connectivity index (χ4n) is 2.12. The highest BCUT2D eigenvalue weighted by Gasteiger charge is 1.96. The Balaban J connectivity index is -0.0000000494. The summed E-state index contributed by atoms with van der Waals surface area (Å²) < 4.78 is 0. The third-order valence-corrected chi connectivity index (χ3v) is 3.00. The van der Waals surface area contributed by atoms with Gasteiger partial charge < -0.3 is 0 Å². The van der Waals surface area contributed by atoms with Crippen LogP contribution in [0.4, 0.5) is 0 Å². The van der Waals surface area contributed by atoms with Crippen molar-refractivity contribution in [2.45, 2.75) is 179 Å². The molecule has 2 rings (SSSR count). The van der Waals surface area contributed by atoms with E-state index in [0.29, 0.717) is 0 Å². The molecule has 0 heteroatoms. The summed E-state index contributed by atoms with van der Waals surface area (Å²) in [6.07, 6.45) is 21.8. The number of hydrogen-bond acceptors (Lipinski definition) is 0. The van der Waals surface area contributed by atoms with Crippen molar-refractivity contribution in [3.63, 3.8) is 0 Å². The van der Waals surface area contributed by atoms with Gasteiger partial charge in [0.1, 0.15) is 0 Å². The van der Waals surface area contributed by atoms with E-state index in [1.165, 1.54) is 96.3 Å². The zero-order valence-corrected chi connectivity index (χ0v) is 22.6. The smallest absolute Gasteiger partial charge is 0.0533 e. The van der Waals surface area contributed by atoms with Gasteiger partial charge in [0.05, 0.1) is 0 Å². The van der Waals surface area contributed by atoms with Crippen LogP contribution in [-0.4, -0.2) is 0 Å². The lowest BCUT2D eigenvalue weighted by Gasteiger charge is -2.05. The van der Waals surface area contributed by atoms with Gasteiger partial charge in [-0.05, 0) is 0 Å². The van der Waals surface area contributed by atoms with Gasteiger partial charge in [-0.1, -0.05) is 179 Å². The fourth-order valence-corrected chi connectivity index (χ4v) is 2.12. The molecular weight excluding hydrogens is 324 g/mol. The molecule has 174 valence electrons. The summed E-state index contributed by atoms with van der Waals surface area (Å²) in [4.78, 5) is 0. The van der Waals surface area contributed by atoms with Gasteiger partial charge >= 0.3 is 0 Å². The van der Waals surface area contributed by atoms with Gasteiger partial charge in [-0.3, -0.25) is 0 Å². The molecule has 0 saturated heterocycles. The van der Waals surface area contributed by atoms with Crippen LogP contribution in [0.2, 0.25) is 0 Å². The van der Waals surface area contributed by atoms with Gasteiger partial charge in [-0.25, -0.2) is 0 Å². The monoisotopic (exact) mass is 391 g/mol. The van der Waals surface area contributed by atoms with E-state index in [1.807, 2.05) is 41.5 Å². The highest BCUT2D eigenvalue weighted by Crippen LogP contribution is 2.15. The van der Waals surface area contributed by atoms with Crippen LogP contribution in [0.15, 0.2) is 0 Å². The summed E-state index contributed by atoms with van der Waals surface area (Å²) in [6, 6.07) is 0. The molecule has 0 aliphatic heterocycles. The van der Waals surface area contributed by atoms with E-state index in [1.54, 1.807) is 0 Å². The Morgan fingerprint density at radius 1 is 0.259 bits per heavy atom. The topological polar surface area (TPSA) is 0 Å². The molecule has 0 nitrogen and oxygen atoms in total. The maximum absolute atomic E-state index is 2.12. The number of rotatable bonds is 0. The third-order valence-electron chi connectivity index (χ3n) is 3.00. The van der Waals surface area contributed by atoms with Crippen molar-refractivity contribution < 1.29 is 0 Å². The molecule has 0 radical (unpaired) electrons. The zero-order valence-electron chi connectivity index (χ0n) is 22.6. The molecular formula is C27H66. The van der Waals surface area contributed by atoms with Gasteiger partial charge in [0.25, 0.3) is 0 Å². The molecule has 0 N–H and O–H groups in total. The lowest BCUT2D eigenvalue weighted by Crippen LogP contribution is -1.85. The molecule has 0 aromatic carbocycles. The van der Waals surface area contributed by atoms with Gasteiger partial charge in [0.15, 0.2) is 0 Å². The molecule has 2 fully saturated rings. The van der Waals surface area contributed by atoms with Crippen LogP contribution < -0.4 is 0 Å². The molecule has 2 aliphatic carbocycles. The molecule has 0 spiro atoms. The normalized spacial score (nSPS) is 13.3. The average molecular weight is 391 g/mol. The van der Waals surface area contributed by atoms with Crippen LogP contribution in [0.1, 0.15) is 179 Å². The van der Waals surface area contributed by atoms with Gasteiger partial charge in [-0.15, -0.1) is 0 Å². The standard InChI is InChI=1S/2C6H12.3C3H8.3C2H6/c2*1-2-4-6-5-3-1;3*1-3-2;3*1-2/h2*1-6H2;3*3H2,1-2H3;3*1-2H3. The van der Waals surface area contributed by atoms with Crippen LogP contribution in [0, 0.1) is 0 Å². The summed E-state index contributed by atoms with van der Waals surface area (Å²) in [7, 11) is 0.